The number of aromatic nitrogens is 1. The molecular weight excluding hydrogens is 362 g/mol. The van der Waals surface area contributed by atoms with Crippen molar-refractivity contribution in [2.75, 3.05) is 19.6 Å². The van der Waals surface area contributed by atoms with E-state index in [-0.39, 0.29) is 17.6 Å². The lowest BCUT2D eigenvalue weighted by atomic mass is 9.73. The number of rotatable bonds is 6. The first kappa shape index (κ1) is 17.4. The van der Waals surface area contributed by atoms with Crippen LogP contribution >= 0.6 is 11.3 Å². The third kappa shape index (κ3) is 3.02. The number of nitrogens with one attached hydrogen (secondary N) is 1. The maximum atomic E-state index is 12.4. The van der Waals surface area contributed by atoms with Crippen LogP contribution in [0.5, 0.6) is 0 Å². The topological polar surface area (TPSA) is 67.6 Å². The standard InChI is InChI=1S/C20H25N3O3S/c1-2-13-8-17(22-26-13)19(24)21-9-15-16-11-23(10-14-4-3-7-27-14)12-20(16)6-5-18(15)25-20/h3-4,7-8,15-16,18H,2,5-6,9-12H2,1H3,(H,21,24)/t15-,16+,18+,20+/m0/s1. The Morgan fingerprint density at radius 1 is 1.52 bits per heavy atom. The van der Waals surface area contributed by atoms with Crippen LogP contribution in [0.4, 0.5) is 0 Å². The number of hydrogen-bond donors (Lipinski definition) is 1. The molecular formula is C20H25N3O3S. The first-order valence-corrected chi connectivity index (χ1v) is 10.7. The molecule has 6 nitrogen and oxygen atoms in total. The zero-order chi connectivity index (χ0) is 18.4. The van der Waals surface area contributed by atoms with E-state index in [1.807, 2.05) is 18.3 Å². The van der Waals surface area contributed by atoms with Crippen molar-refractivity contribution in [2.45, 2.75) is 44.4 Å². The van der Waals surface area contributed by atoms with Gasteiger partial charge >= 0.3 is 0 Å². The molecule has 5 heterocycles. The number of aryl methyl sites for hydroxylation is 1. The molecule has 1 N–H and O–H groups in total. The average molecular weight is 388 g/mol. The quantitative estimate of drug-likeness (QED) is 0.825. The van der Waals surface area contributed by atoms with Crippen molar-refractivity contribution in [3.8, 4) is 0 Å². The predicted molar refractivity (Wildman–Crippen MR) is 102 cm³/mol. The van der Waals surface area contributed by atoms with Crippen LogP contribution in [0.25, 0.3) is 0 Å². The third-order valence-corrected chi connectivity index (χ3v) is 7.31. The Labute approximate surface area is 162 Å². The van der Waals surface area contributed by atoms with Gasteiger partial charge in [0.05, 0.1) is 11.7 Å². The molecule has 1 amide bonds. The largest absolute Gasteiger partial charge is 0.370 e. The van der Waals surface area contributed by atoms with Gasteiger partial charge in [-0.15, -0.1) is 11.3 Å². The Kier molecular flexibility index (Phi) is 4.33. The Bertz CT molecular complexity index is 820. The second kappa shape index (κ2) is 6.72. The number of thiophene rings is 1. The van der Waals surface area contributed by atoms with E-state index in [2.05, 4.69) is 32.9 Å². The van der Waals surface area contributed by atoms with Crippen LogP contribution in [0.3, 0.4) is 0 Å². The predicted octanol–water partition coefficient (Wildman–Crippen LogP) is 2.71. The Hall–Kier alpha value is -1.70. The molecule has 0 aliphatic carbocycles. The van der Waals surface area contributed by atoms with Crippen LogP contribution in [0.1, 0.15) is 40.9 Å². The molecule has 0 saturated carbocycles. The lowest BCUT2D eigenvalue weighted by Gasteiger charge is -2.29. The van der Waals surface area contributed by atoms with E-state index in [1.165, 1.54) is 4.88 Å². The van der Waals surface area contributed by atoms with Crippen molar-refractivity contribution >= 4 is 17.2 Å². The number of hydrogen-bond acceptors (Lipinski definition) is 6. The van der Waals surface area contributed by atoms with Crippen LogP contribution in [0.15, 0.2) is 28.1 Å². The van der Waals surface area contributed by atoms with Gasteiger partial charge < -0.3 is 14.6 Å². The van der Waals surface area contributed by atoms with Gasteiger partial charge in [0.25, 0.3) is 5.91 Å². The van der Waals surface area contributed by atoms with Gasteiger partial charge in [0.1, 0.15) is 5.76 Å². The normalized spacial score (nSPS) is 32.1. The Balaban J connectivity index is 1.23. The minimum atomic E-state index is -0.149. The summed E-state index contributed by atoms with van der Waals surface area (Å²) in [6.45, 7) is 5.70. The number of fused-ring (bicyclic) bond motifs is 1. The fraction of sp³-hybridized carbons (Fsp3) is 0.600. The van der Waals surface area contributed by atoms with Crippen molar-refractivity contribution in [1.82, 2.24) is 15.4 Å². The summed E-state index contributed by atoms with van der Waals surface area (Å²) in [5.74, 6) is 1.47. The van der Waals surface area contributed by atoms with Crippen molar-refractivity contribution in [3.05, 3.63) is 39.9 Å². The zero-order valence-electron chi connectivity index (χ0n) is 15.5. The van der Waals surface area contributed by atoms with Crippen LogP contribution in [0.2, 0.25) is 0 Å². The molecule has 0 radical (unpaired) electrons. The van der Waals surface area contributed by atoms with E-state index in [4.69, 9.17) is 9.26 Å². The van der Waals surface area contributed by atoms with E-state index in [9.17, 15) is 4.79 Å². The molecule has 4 atom stereocenters. The summed E-state index contributed by atoms with van der Waals surface area (Å²) in [5.41, 5.74) is 0.372. The SMILES string of the molecule is CCc1cc(C(=O)NC[C@H]2[C@H]3CN(Cc4cccs4)C[C@]34CC[C@H]2O4)no1. The maximum absolute atomic E-state index is 12.4. The first-order valence-electron chi connectivity index (χ1n) is 9.83. The molecule has 7 heteroatoms. The van der Waals surface area contributed by atoms with Crippen LogP contribution in [-0.2, 0) is 17.7 Å². The molecule has 3 aliphatic rings. The molecule has 144 valence electrons. The van der Waals surface area contributed by atoms with Crippen LogP contribution in [0, 0.1) is 11.8 Å². The number of carbonyl (C=O) groups excluding carboxylic acids is 1. The molecule has 3 saturated heterocycles. The highest BCUT2D eigenvalue weighted by Crippen LogP contribution is 2.54. The molecule has 0 aromatic carbocycles. The summed E-state index contributed by atoms with van der Waals surface area (Å²) in [6.07, 6.45) is 3.27. The molecule has 5 rings (SSSR count). The van der Waals surface area contributed by atoms with E-state index in [0.717, 1.165) is 44.7 Å². The van der Waals surface area contributed by atoms with E-state index >= 15 is 0 Å². The zero-order valence-corrected chi connectivity index (χ0v) is 16.3. The molecule has 2 aromatic heterocycles. The van der Waals surface area contributed by atoms with Gasteiger partial charge in [-0.2, -0.15) is 0 Å². The summed E-state index contributed by atoms with van der Waals surface area (Å²) >= 11 is 1.82. The van der Waals surface area contributed by atoms with E-state index < -0.39 is 0 Å². The molecule has 27 heavy (non-hydrogen) atoms. The lowest BCUT2D eigenvalue weighted by molar-refractivity contribution is 0.00219. The van der Waals surface area contributed by atoms with Gasteiger partial charge in [-0.3, -0.25) is 9.69 Å². The summed E-state index contributed by atoms with van der Waals surface area (Å²) < 4.78 is 11.6. The van der Waals surface area contributed by atoms with Gasteiger partial charge in [0, 0.05) is 55.4 Å². The van der Waals surface area contributed by atoms with Crippen molar-refractivity contribution in [2.24, 2.45) is 11.8 Å². The Morgan fingerprint density at radius 3 is 3.22 bits per heavy atom. The second-order valence-corrected chi connectivity index (χ2v) is 9.05. The highest BCUT2D eigenvalue weighted by atomic mass is 32.1. The van der Waals surface area contributed by atoms with E-state index in [1.54, 1.807) is 6.07 Å². The number of carbonyl (C=O) groups is 1. The highest BCUT2D eigenvalue weighted by molar-refractivity contribution is 7.09. The van der Waals surface area contributed by atoms with Gasteiger partial charge in [-0.05, 0) is 24.3 Å². The summed E-state index contributed by atoms with van der Waals surface area (Å²) in [4.78, 5) is 16.4. The maximum Gasteiger partial charge on any atom is 0.273 e. The number of likely N-dealkylation sites (tertiary alicyclic amines) is 1. The molecule has 2 bridgehead atoms. The fourth-order valence-corrected chi connectivity index (χ4v) is 5.94. The number of ether oxygens (including phenoxy) is 1. The molecule has 2 aromatic rings. The lowest BCUT2D eigenvalue weighted by Crippen LogP contribution is -2.42. The van der Waals surface area contributed by atoms with Crippen molar-refractivity contribution in [3.63, 3.8) is 0 Å². The second-order valence-electron chi connectivity index (χ2n) is 8.02. The van der Waals surface area contributed by atoms with Crippen LogP contribution < -0.4 is 5.32 Å². The minimum Gasteiger partial charge on any atom is -0.370 e. The van der Waals surface area contributed by atoms with Gasteiger partial charge in [-0.1, -0.05) is 18.1 Å². The van der Waals surface area contributed by atoms with Gasteiger partial charge in [0.15, 0.2) is 5.69 Å². The Morgan fingerprint density at radius 2 is 2.44 bits per heavy atom. The van der Waals surface area contributed by atoms with Crippen molar-refractivity contribution in [1.29, 1.82) is 0 Å². The summed E-state index contributed by atoms with van der Waals surface area (Å²) in [5, 5.41) is 9.09. The first-order chi connectivity index (χ1) is 13.2. The number of nitrogens with zero attached hydrogens (tertiary/aromatic N) is 2. The highest BCUT2D eigenvalue weighted by Gasteiger charge is 2.62. The van der Waals surface area contributed by atoms with Crippen molar-refractivity contribution < 1.29 is 14.1 Å². The van der Waals surface area contributed by atoms with Gasteiger partial charge in [0.2, 0.25) is 0 Å². The fourth-order valence-electron chi connectivity index (χ4n) is 5.19. The smallest absolute Gasteiger partial charge is 0.273 e. The molecule has 0 unspecified atom stereocenters. The summed E-state index contributed by atoms with van der Waals surface area (Å²) in [7, 11) is 0. The summed E-state index contributed by atoms with van der Waals surface area (Å²) in [6, 6.07) is 6.05. The monoisotopic (exact) mass is 387 g/mol. The average Bonchev–Trinajstić information content (AvgIpc) is 3.45. The third-order valence-electron chi connectivity index (χ3n) is 6.45. The molecule has 1 spiro atoms. The number of amides is 1. The van der Waals surface area contributed by atoms with E-state index in [0.29, 0.717) is 24.1 Å². The minimum absolute atomic E-state index is 0.000586. The van der Waals surface area contributed by atoms with Gasteiger partial charge in [-0.25, -0.2) is 0 Å². The molecule has 3 aliphatic heterocycles. The molecule has 3 fully saturated rings. The van der Waals surface area contributed by atoms with Crippen LogP contribution in [-0.4, -0.2) is 47.3 Å².